The molecular weight excluding hydrogens is 220 g/mol. The van der Waals surface area contributed by atoms with Crippen molar-refractivity contribution in [2.45, 2.75) is 13.0 Å². The van der Waals surface area contributed by atoms with Crippen LogP contribution in [0.5, 0.6) is 0 Å². The van der Waals surface area contributed by atoms with E-state index >= 15 is 0 Å². The Kier molecular flexibility index (Phi) is 3.03. The van der Waals surface area contributed by atoms with Crippen molar-refractivity contribution < 1.29 is 0 Å². The predicted molar refractivity (Wildman–Crippen MR) is 76.4 cm³/mol. The highest BCUT2D eigenvalue weighted by Crippen LogP contribution is 2.34. The van der Waals surface area contributed by atoms with Crippen LogP contribution >= 0.6 is 0 Å². The molecule has 1 aliphatic rings. The quantitative estimate of drug-likeness (QED) is 0.884. The van der Waals surface area contributed by atoms with Crippen molar-refractivity contribution in [2.75, 3.05) is 18.5 Å². The number of hydrogen-bond donors (Lipinski definition) is 1. The zero-order valence-electron chi connectivity index (χ0n) is 10.7. The van der Waals surface area contributed by atoms with E-state index in [-0.39, 0.29) is 0 Å². The fraction of sp³-hybridized carbons (Fsp3) is 0.250. The molecule has 2 aromatic rings. The molecule has 18 heavy (non-hydrogen) atoms. The molecule has 1 aliphatic heterocycles. The van der Waals surface area contributed by atoms with E-state index in [1.807, 2.05) is 7.05 Å². The molecular formula is C16H18N2. The first-order valence-electron chi connectivity index (χ1n) is 6.47. The van der Waals surface area contributed by atoms with Crippen LogP contribution in [0.3, 0.4) is 0 Å². The summed E-state index contributed by atoms with van der Waals surface area (Å²) in [5, 5.41) is 3.18. The smallest absolute Gasteiger partial charge is 0.0444 e. The monoisotopic (exact) mass is 238 g/mol. The molecule has 2 nitrogen and oxygen atoms in total. The van der Waals surface area contributed by atoms with Crippen molar-refractivity contribution in [3.05, 3.63) is 59.7 Å². The van der Waals surface area contributed by atoms with E-state index in [0.29, 0.717) is 0 Å². The van der Waals surface area contributed by atoms with Gasteiger partial charge in [-0.15, -0.1) is 0 Å². The standard InChI is InChI=1S/C16H18N2/c1-17-12-13-6-8-15(9-7-13)18-11-10-14-4-2-3-5-16(14)18/h2-9,17H,10-12H2,1H3. The molecule has 0 bridgehead atoms. The first kappa shape index (κ1) is 11.3. The van der Waals surface area contributed by atoms with E-state index in [2.05, 4.69) is 58.7 Å². The predicted octanol–water partition coefficient (Wildman–Crippen LogP) is 3.10. The summed E-state index contributed by atoms with van der Waals surface area (Å²) in [5.41, 5.74) is 5.43. The van der Waals surface area contributed by atoms with Crippen LogP contribution in [0.2, 0.25) is 0 Å². The Morgan fingerprint density at radius 3 is 2.61 bits per heavy atom. The summed E-state index contributed by atoms with van der Waals surface area (Å²) >= 11 is 0. The van der Waals surface area contributed by atoms with Crippen molar-refractivity contribution in [1.29, 1.82) is 0 Å². The lowest BCUT2D eigenvalue weighted by Crippen LogP contribution is -2.13. The molecule has 1 heterocycles. The minimum atomic E-state index is 0.927. The summed E-state index contributed by atoms with van der Waals surface area (Å²) in [7, 11) is 1.98. The summed E-state index contributed by atoms with van der Waals surface area (Å²) in [6, 6.07) is 17.5. The second-order valence-electron chi connectivity index (χ2n) is 4.73. The molecule has 0 aromatic heterocycles. The van der Waals surface area contributed by atoms with E-state index in [1.54, 1.807) is 0 Å². The van der Waals surface area contributed by atoms with Gasteiger partial charge in [0.05, 0.1) is 0 Å². The zero-order chi connectivity index (χ0) is 12.4. The average Bonchev–Trinajstić information content (AvgIpc) is 2.84. The van der Waals surface area contributed by atoms with E-state index in [0.717, 1.165) is 19.5 Å². The summed E-state index contributed by atoms with van der Waals surface area (Å²) < 4.78 is 0. The lowest BCUT2D eigenvalue weighted by molar-refractivity contribution is 0.817. The van der Waals surface area contributed by atoms with Crippen molar-refractivity contribution in [3.8, 4) is 0 Å². The van der Waals surface area contributed by atoms with Crippen molar-refractivity contribution >= 4 is 11.4 Å². The van der Waals surface area contributed by atoms with Gasteiger partial charge in [-0.1, -0.05) is 30.3 Å². The van der Waals surface area contributed by atoms with Gasteiger partial charge in [0.1, 0.15) is 0 Å². The third kappa shape index (κ3) is 2.00. The maximum atomic E-state index is 3.18. The van der Waals surface area contributed by atoms with Crippen LogP contribution in [0.15, 0.2) is 48.5 Å². The topological polar surface area (TPSA) is 15.3 Å². The third-order valence-corrected chi connectivity index (χ3v) is 3.52. The van der Waals surface area contributed by atoms with Gasteiger partial charge in [0.2, 0.25) is 0 Å². The summed E-state index contributed by atoms with van der Waals surface area (Å²) in [5.74, 6) is 0. The molecule has 92 valence electrons. The highest BCUT2D eigenvalue weighted by atomic mass is 15.2. The SMILES string of the molecule is CNCc1ccc(N2CCc3ccccc32)cc1. The zero-order valence-corrected chi connectivity index (χ0v) is 10.7. The van der Waals surface area contributed by atoms with E-state index in [1.165, 1.54) is 22.5 Å². The first-order valence-corrected chi connectivity index (χ1v) is 6.47. The van der Waals surface area contributed by atoms with E-state index in [4.69, 9.17) is 0 Å². The summed E-state index contributed by atoms with van der Waals surface area (Å²) in [4.78, 5) is 2.40. The van der Waals surface area contributed by atoms with Gasteiger partial charge in [-0.3, -0.25) is 0 Å². The van der Waals surface area contributed by atoms with Crippen molar-refractivity contribution in [3.63, 3.8) is 0 Å². The number of nitrogens with one attached hydrogen (secondary N) is 1. The number of anilines is 2. The molecule has 0 spiro atoms. The molecule has 0 atom stereocenters. The maximum Gasteiger partial charge on any atom is 0.0444 e. The number of hydrogen-bond acceptors (Lipinski definition) is 2. The van der Waals surface area contributed by atoms with Crippen LogP contribution in [0.1, 0.15) is 11.1 Å². The minimum Gasteiger partial charge on any atom is -0.341 e. The molecule has 0 unspecified atom stereocenters. The lowest BCUT2D eigenvalue weighted by atomic mass is 10.1. The van der Waals surface area contributed by atoms with Gasteiger partial charge < -0.3 is 10.2 Å². The number of fused-ring (bicyclic) bond motifs is 1. The molecule has 0 radical (unpaired) electrons. The van der Waals surface area contributed by atoms with E-state index in [9.17, 15) is 0 Å². The van der Waals surface area contributed by atoms with Crippen molar-refractivity contribution in [2.24, 2.45) is 0 Å². The number of benzene rings is 2. The molecule has 2 aromatic carbocycles. The van der Waals surface area contributed by atoms with Gasteiger partial charge in [0, 0.05) is 24.5 Å². The third-order valence-electron chi connectivity index (χ3n) is 3.52. The molecule has 0 saturated carbocycles. The van der Waals surface area contributed by atoms with E-state index < -0.39 is 0 Å². The molecule has 1 N–H and O–H groups in total. The second-order valence-corrected chi connectivity index (χ2v) is 4.73. The minimum absolute atomic E-state index is 0.927. The number of para-hydroxylation sites is 1. The Balaban J connectivity index is 1.88. The van der Waals surface area contributed by atoms with Crippen LogP contribution in [0.25, 0.3) is 0 Å². The molecule has 0 saturated heterocycles. The fourth-order valence-electron chi connectivity index (χ4n) is 2.60. The summed E-state index contributed by atoms with van der Waals surface area (Å²) in [6.45, 7) is 2.02. The average molecular weight is 238 g/mol. The van der Waals surface area contributed by atoms with Gasteiger partial charge >= 0.3 is 0 Å². The van der Waals surface area contributed by atoms with Gasteiger partial charge in [-0.2, -0.15) is 0 Å². The molecule has 0 aliphatic carbocycles. The number of nitrogens with zero attached hydrogens (tertiary/aromatic N) is 1. The van der Waals surface area contributed by atoms with Crippen LogP contribution in [-0.4, -0.2) is 13.6 Å². The number of rotatable bonds is 3. The molecule has 0 amide bonds. The molecule has 3 rings (SSSR count). The highest BCUT2D eigenvalue weighted by Gasteiger charge is 2.19. The van der Waals surface area contributed by atoms with Crippen LogP contribution < -0.4 is 10.2 Å². The Hall–Kier alpha value is -1.80. The largest absolute Gasteiger partial charge is 0.341 e. The maximum absolute atomic E-state index is 3.18. The van der Waals surface area contributed by atoms with Crippen molar-refractivity contribution in [1.82, 2.24) is 5.32 Å². The van der Waals surface area contributed by atoms with Gasteiger partial charge in [-0.25, -0.2) is 0 Å². The first-order chi connectivity index (χ1) is 8.88. The lowest BCUT2D eigenvalue weighted by Gasteiger charge is -2.19. The van der Waals surface area contributed by atoms with Crippen LogP contribution in [0, 0.1) is 0 Å². The second kappa shape index (κ2) is 4.83. The normalized spacial score (nSPS) is 13.7. The van der Waals surface area contributed by atoms with Gasteiger partial charge in [0.15, 0.2) is 0 Å². The fourth-order valence-corrected chi connectivity index (χ4v) is 2.60. The Bertz CT molecular complexity index is 531. The van der Waals surface area contributed by atoms with Gasteiger partial charge in [0.25, 0.3) is 0 Å². The molecule has 2 heteroatoms. The summed E-state index contributed by atoms with van der Waals surface area (Å²) in [6.07, 6.45) is 1.15. The van der Waals surface area contributed by atoms with Crippen LogP contribution in [0.4, 0.5) is 11.4 Å². The Morgan fingerprint density at radius 1 is 1.06 bits per heavy atom. The molecule has 0 fully saturated rings. The Labute approximate surface area is 108 Å². The Morgan fingerprint density at radius 2 is 1.83 bits per heavy atom. The van der Waals surface area contributed by atoms with Gasteiger partial charge in [-0.05, 0) is 42.8 Å². The highest BCUT2D eigenvalue weighted by molar-refractivity contribution is 5.69. The van der Waals surface area contributed by atoms with Crippen LogP contribution in [-0.2, 0) is 13.0 Å².